The Hall–Kier alpha value is -1.00. The van der Waals surface area contributed by atoms with Crippen LogP contribution >= 0.6 is 0 Å². The van der Waals surface area contributed by atoms with Crippen LogP contribution in [0.2, 0.25) is 18.1 Å². The van der Waals surface area contributed by atoms with Gasteiger partial charge in [0.25, 0.3) is 0 Å². The Morgan fingerprint density at radius 2 is 2.05 bits per heavy atom. The second-order valence-electron chi connectivity index (χ2n) is 7.28. The fourth-order valence-corrected chi connectivity index (χ4v) is 3.34. The molecular weight excluding hydrogens is 266 g/mol. The number of hydrogen-bond donors (Lipinski definition) is 0. The van der Waals surface area contributed by atoms with Crippen LogP contribution in [-0.2, 0) is 10.8 Å². The molecule has 0 N–H and O–H groups in total. The fourth-order valence-electron chi connectivity index (χ4n) is 2.26. The first kappa shape index (κ1) is 15.4. The van der Waals surface area contributed by atoms with Gasteiger partial charge in [-0.2, -0.15) is 0 Å². The number of hydrogen-bond acceptors (Lipinski definition) is 3. The first-order chi connectivity index (χ1) is 9.21. The predicted molar refractivity (Wildman–Crippen MR) is 83.5 cm³/mol. The molecule has 1 heterocycles. The Balaban J connectivity index is 2.02. The van der Waals surface area contributed by atoms with Gasteiger partial charge in [-0.15, -0.1) is 0 Å². The standard InChI is InChI=1S/C16H25NO2Si/c1-16(2,3)20(4,5)19-11-12-9-13-7-6-8-17-15(13)14(18)10-12/h6-8,12H,9-11H2,1-5H3/t12-/m1/s1. The summed E-state index contributed by atoms with van der Waals surface area (Å²) >= 11 is 0. The number of rotatable bonds is 3. The Kier molecular flexibility index (Phi) is 4.16. The molecule has 1 aromatic heterocycles. The quantitative estimate of drug-likeness (QED) is 0.794. The van der Waals surface area contributed by atoms with Gasteiger partial charge in [0, 0.05) is 19.2 Å². The van der Waals surface area contributed by atoms with E-state index >= 15 is 0 Å². The number of ketones is 1. The third-order valence-corrected chi connectivity index (χ3v) is 9.12. The van der Waals surface area contributed by atoms with Crippen LogP contribution in [-0.4, -0.2) is 25.7 Å². The van der Waals surface area contributed by atoms with Crippen LogP contribution in [0.1, 0.15) is 43.2 Å². The zero-order valence-corrected chi connectivity index (χ0v) is 14.2. The first-order valence-corrected chi connectivity index (χ1v) is 10.2. The van der Waals surface area contributed by atoms with Crippen molar-refractivity contribution in [1.82, 2.24) is 4.98 Å². The summed E-state index contributed by atoms with van der Waals surface area (Å²) in [5.41, 5.74) is 1.74. The maximum atomic E-state index is 12.1. The monoisotopic (exact) mass is 291 g/mol. The van der Waals surface area contributed by atoms with Crippen LogP contribution in [0.5, 0.6) is 0 Å². The van der Waals surface area contributed by atoms with Crippen LogP contribution in [0.15, 0.2) is 18.3 Å². The van der Waals surface area contributed by atoms with E-state index in [9.17, 15) is 4.79 Å². The molecule has 1 aromatic rings. The highest BCUT2D eigenvalue weighted by Gasteiger charge is 2.38. The van der Waals surface area contributed by atoms with Gasteiger partial charge in [-0.3, -0.25) is 9.78 Å². The summed E-state index contributed by atoms with van der Waals surface area (Å²) in [5, 5.41) is 0.213. The van der Waals surface area contributed by atoms with Crippen molar-refractivity contribution >= 4 is 14.1 Å². The van der Waals surface area contributed by atoms with Gasteiger partial charge < -0.3 is 4.43 Å². The summed E-state index contributed by atoms with van der Waals surface area (Å²) < 4.78 is 6.26. The molecule has 0 fully saturated rings. The van der Waals surface area contributed by atoms with Gasteiger partial charge in [0.2, 0.25) is 0 Å². The van der Waals surface area contributed by atoms with Crippen molar-refractivity contribution in [3.05, 3.63) is 29.6 Å². The summed E-state index contributed by atoms with van der Waals surface area (Å²) in [7, 11) is -1.73. The molecule has 4 heteroatoms. The lowest BCUT2D eigenvalue weighted by Gasteiger charge is -2.37. The van der Waals surface area contributed by atoms with E-state index < -0.39 is 8.32 Å². The molecule has 0 aromatic carbocycles. The van der Waals surface area contributed by atoms with E-state index in [1.165, 1.54) is 0 Å². The summed E-state index contributed by atoms with van der Waals surface area (Å²) in [6.07, 6.45) is 3.17. The van der Waals surface area contributed by atoms with Gasteiger partial charge in [-0.1, -0.05) is 26.8 Å². The highest BCUT2D eigenvalue weighted by Crippen LogP contribution is 2.37. The smallest absolute Gasteiger partial charge is 0.191 e. The molecule has 0 radical (unpaired) electrons. The van der Waals surface area contributed by atoms with E-state index in [2.05, 4.69) is 38.8 Å². The lowest BCUT2D eigenvalue weighted by atomic mass is 9.86. The van der Waals surface area contributed by atoms with Gasteiger partial charge >= 0.3 is 0 Å². The molecule has 110 valence electrons. The van der Waals surface area contributed by atoms with Crippen LogP contribution in [0, 0.1) is 5.92 Å². The Labute approximate surface area is 122 Å². The van der Waals surface area contributed by atoms with E-state index in [-0.39, 0.29) is 10.8 Å². The minimum absolute atomic E-state index is 0.163. The topological polar surface area (TPSA) is 39.2 Å². The van der Waals surface area contributed by atoms with Gasteiger partial charge in [-0.25, -0.2) is 0 Å². The van der Waals surface area contributed by atoms with Crippen molar-refractivity contribution in [3.63, 3.8) is 0 Å². The molecule has 1 atom stereocenters. The van der Waals surface area contributed by atoms with E-state index in [0.717, 1.165) is 12.0 Å². The molecule has 1 aliphatic rings. The Bertz CT molecular complexity index is 505. The average Bonchev–Trinajstić information content (AvgIpc) is 2.35. The molecule has 0 saturated heterocycles. The number of carbonyl (C=O) groups excluding carboxylic acids is 1. The lowest BCUT2D eigenvalue weighted by molar-refractivity contribution is 0.0916. The molecule has 0 unspecified atom stereocenters. The van der Waals surface area contributed by atoms with Crippen molar-refractivity contribution in [1.29, 1.82) is 0 Å². The zero-order valence-electron chi connectivity index (χ0n) is 13.2. The van der Waals surface area contributed by atoms with E-state index in [4.69, 9.17) is 4.43 Å². The average molecular weight is 291 g/mol. The zero-order chi connectivity index (χ0) is 15.0. The number of pyridine rings is 1. The molecule has 0 saturated carbocycles. The van der Waals surface area contributed by atoms with E-state index in [1.807, 2.05) is 12.1 Å². The number of fused-ring (bicyclic) bond motifs is 1. The van der Waals surface area contributed by atoms with Crippen molar-refractivity contribution in [2.45, 2.75) is 51.7 Å². The molecule has 20 heavy (non-hydrogen) atoms. The lowest BCUT2D eigenvalue weighted by Crippen LogP contribution is -2.42. The molecule has 0 aliphatic heterocycles. The number of aromatic nitrogens is 1. The summed E-state index contributed by atoms with van der Waals surface area (Å²) in [5.74, 6) is 0.462. The van der Waals surface area contributed by atoms with Crippen molar-refractivity contribution < 1.29 is 9.22 Å². The minimum atomic E-state index is -1.73. The molecule has 0 bridgehead atoms. The maximum Gasteiger partial charge on any atom is 0.191 e. The van der Waals surface area contributed by atoms with E-state index in [0.29, 0.717) is 24.6 Å². The van der Waals surface area contributed by atoms with Crippen LogP contribution in [0.3, 0.4) is 0 Å². The molecular formula is C16H25NO2Si. The van der Waals surface area contributed by atoms with Crippen molar-refractivity contribution in [2.24, 2.45) is 5.92 Å². The second kappa shape index (κ2) is 5.41. The molecule has 3 nitrogen and oxygen atoms in total. The van der Waals surface area contributed by atoms with Crippen molar-refractivity contribution in [2.75, 3.05) is 6.61 Å². The second-order valence-corrected chi connectivity index (χ2v) is 12.1. The normalized spacial score (nSPS) is 19.9. The number of carbonyl (C=O) groups is 1. The molecule has 2 rings (SSSR count). The SMILES string of the molecule is CC(C)(C)[Si](C)(C)OC[C@H]1CC(=O)c2ncccc2C1. The summed E-state index contributed by atoms with van der Waals surface area (Å²) in [6.45, 7) is 11.9. The predicted octanol–water partition coefficient (Wildman–Crippen LogP) is 3.85. The fraction of sp³-hybridized carbons (Fsp3) is 0.625. The first-order valence-electron chi connectivity index (χ1n) is 7.32. The third-order valence-electron chi connectivity index (χ3n) is 4.62. The third kappa shape index (κ3) is 3.18. The number of nitrogens with zero attached hydrogens (tertiary/aromatic N) is 1. The minimum Gasteiger partial charge on any atom is -0.417 e. The highest BCUT2D eigenvalue weighted by molar-refractivity contribution is 6.74. The molecule has 0 spiro atoms. The Morgan fingerprint density at radius 3 is 2.70 bits per heavy atom. The largest absolute Gasteiger partial charge is 0.417 e. The van der Waals surface area contributed by atoms with E-state index in [1.54, 1.807) is 6.20 Å². The molecule has 1 aliphatic carbocycles. The van der Waals surface area contributed by atoms with Crippen molar-refractivity contribution in [3.8, 4) is 0 Å². The summed E-state index contributed by atoms with van der Waals surface area (Å²) in [4.78, 5) is 16.3. The molecule has 0 amide bonds. The highest BCUT2D eigenvalue weighted by atomic mass is 28.4. The maximum absolute atomic E-state index is 12.1. The summed E-state index contributed by atoms with van der Waals surface area (Å²) in [6, 6.07) is 3.92. The number of Topliss-reactive ketones (excluding diaryl/α,β-unsaturated/α-hetero) is 1. The van der Waals surface area contributed by atoms with Gasteiger partial charge in [0.15, 0.2) is 14.1 Å². The van der Waals surface area contributed by atoms with Crippen LogP contribution in [0.4, 0.5) is 0 Å². The van der Waals surface area contributed by atoms with Gasteiger partial charge in [0.05, 0.1) is 0 Å². The van der Waals surface area contributed by atoms with Gasteiger partial charge in [-0.05, 0) is 42.1 Å². The van der Waals surface area contributed by atoms with Gasteiger partial charge in [0.1, 0.15) is 5.69 Å². The van der Waals surface area contributed by atoms with Crippen LogP contribution in [0.25, 0.3) is 0 Å². The Morgan fingerprint density at radius 1 is 1.35 bits per heavy atom. The van der Waals surface area contributed by atoms with Crippen LogP contribution < -0.4 is 0 Å².